The van der Waals surface area contributed by atoms with Crippen molar-refractivity contribution in [2.24, 2.45) is 0 Å². The molecule has 0 unspecified atom stereocenters. The van der Waals surface area contributed by atoms with E-state index in [9.17, 15) is 20.0 Å². The van der Waals surface area contributed by atoms with E-state index < -0.39 is 17.8 Å². The minimum Gasteiger partial charge on any atom is -0.507 e. The lowest BCUT2D eigenvalue weighted by Crippen LogP contribution is -2.19. The number of aromatic nitrogens is 2. The second-order valence-corrected chi connectivity index (χ2v) is 7.73. The first kappa shape index (κ1) is 20.3. The number of aromatic amines is 1. The van der Waals surface area contributed by atoms with Gasteiger partial charge in [0.05, 0.1) is 22.3 Å². The van der Waals surface area contributed by atoms with Crippen LogP contribution in [0.15, 0.2) is 42.2 Å². The number of aryl methyl sites for hydroxylation is 1. The van der Waals surface area contributed by atoms with Gasteiger partial charge in [-0.05, 0) is 38.1 Å². The maximum absolute atomic E-state index is 12.1. The van der Waals surface area contributed by atoms with Gasteiger partial charge in [-0.1, -0.05) is 12.1 Å². The zero-order valence-corrected chi connectivity index (χ0v) is 16.7. The molecule has 1 aromatic carbocycles. The van der Waals surface area contributed by atoms with Crippen molar-refractivity contribution in [1.29, 1.82) is 5.26 Å². The predicted molar refractivity (Wildman–Crippen MR) is 109 cm³/mol. The molecule has 0 aliphatic rings. The Bertz CT molecular complexity index is 1100. The predicted octanol–water partition coefficient (Wildman–Crippen LogP) is 4.32. The fourth-order valence-corrected chi connectivity index (χ4v) is 3.58. The highest BCUT2D eigenvalue weighted by Crippen LogP contribution is 2.22. The smallest absolute Gasteiger partial charge is 0.306 e. The van der Waals surface area contributed by atoms with Crippen LogP contribution in [0.3, 0.4) is 0 Å². The van der Waals surface area contributed by atoms with Crippen LogP contribution >= 0.6 is 11.3 Å². The van der Waals surface area contributed by atoms with Crippen LogP contribution in [0.1, 0.15) is 40.1 Å². The van der Waals surface area contributed by atoms with Crippen molar-refractivity contribution in [3.05, 3.63) is 57.7 Å². The van der Waals surface area contributed by atoms with Gasteiger partial charge in [0.1, 0.15) is 11.6 Å². The number of imidazole rings is 1. The number of carbonyl (C=O) groups excluding carboxylic acids is 2. The number of esters is 1. The van der Waals surface area contributed by atoms with E-state index in [-0.39, 0.29) is 30.0 Å². The zero-order chi connectivity index (χ0) is 21.0. The van der Waals surface area contributed by atoms with Crippen molar-refractivity contribution in [2.45, 2.75) is 32.8 Å². The summed E-state index contributed by atoms with van der Waals surface area (Å²) in [6.45, 7) is 3.36. The summed E-state index contributed by atoms with van der Waals surface area (Å²) in [4.78, 5) is 33.0. The molecule has 0 radical (unpaired) electrons. The first-order valence-electron chi connectivity index (χ1n) is 8.96. The highest BCUT2D eigenvalue weighted by atomic mass is 32.1. The van der Waals surface area contributed by atoms with Crippen molar-refractivity contribution < 1.29 is 19.4 Å². The zero-order valence-electron chi connectivity index (χ0n) is 15.9. The Morgan fingerprint density at radius 2 is 2.03 bits per heavy atom. The third kappa shape index (κ3) is 4.70. The van der Waals surface area contributed by atoms with Crippen LogP contribution in [0.5, 0.6) is 0 Å². The number of Topliss-reactive ketones (excluding diaryl/α,β-unsaturated/α-hetero) is 1. The second-order valence-electron chi connectivity index (χ2n) is 6.44. The molecule has 0 fully saturated rings. The van der Waals surface area contributed by atoms with Crippen LogP contribution in [0.2, 0.25) is 0 Å². The number of ether oxygens (including phenoxy) is 1. The Labute approximate surface area is 171 Å². The van der Waals surface area contributed by atoms with E-state index in [2.05, 4.69) is 9.97 Å². The van der Waals surface area contributed by atoms with Gasteiger partial charge < -0.3 is 14.8 Å². The number of nitrogens with zero attached hydrogens (tertiary/aromatic N) is 2. The number of H-pyrrole nitrogens is 1. The summed E-state index contributed by atoms with van der Waals surface area (Å²) in [5.41, 5.74) is 1.26. The minimum absolute atomic E-state index is 0.0185. The number of carbonyl (C=O) groups is 2. The Morgan fingerprint density at radius 1 is 1.28 bits per heavy atom. The average molecular weight is 409 g/mol. The molecule has 0 aliphatic heterocycles. The van der Waals surface area contributed by atoms with E-state index in [0.717, 1.165) is 10.4 Å². The SMILES string of the molecule is Cc1ccc(C(=O)CCC(=O)O[C@H](C)/C(O)=C(\C#N)c2nc3ccccc3[nH]2)s1. The molecule has 148 valence electrons. The summed E-state index contributed by atoms with van der Waals surface area (Å²) < 4.78 is 5.19. The second kappa shape index (κ2) is 8.71. The van der Waals surface area contributed by atoms with Crippen molar-refractivity contribution >= 4 is 39.7 Å². The molecule has 0 aliphatic carbocycles. The van der Waals surface area contributed by atoms with Gasteiger partial charge in [-0.3, -0.25) is 9.59 Å². The molecule has 3 aromatic rings. The van der Waals surface area contributed by atoms with Gasteiger partial charge in [-0.25, -0.2) is 4.98 Å². The van der Waals surface area contributed by atoms with E-state index in [1.54, 1.807) is 18.2 Å². The molecule has 3 rings (SSSR count). The lowest BCUT2D eigenvalue weighted by atomic mass is 10.1. The molecule has 29 heavy (non-hydrogen) atoms. The van der Waals surface area contributed by atoms with Gasteiger partial charge in [0, 0.05) is 11.3 Å². The number of fused-ring (bicyclic) bond motifs is 1. The fourth-order valence-electron chi connectivity index (χ4n) is 2.74. The molecule has 2 heterocycles. The van der Waals surface area contributed by atoms with Gasteiger partial charge in [-0.2, -0.15) is 5.26 Å². The number of aliphatic hydroxyl groups is 1. The van der Waals surface area contributed by atoms with Crippen LogP contribution in [-0.4, -0.2) is 32.9 Å². The van der Waals surface area contributed by atoms with Crippen molar-refractivity contribution in [3.8, 4) is 6.07 Å². The number of rotatable bonds is 7. The third-order valence-electron chi connectivity index (χ3n) is 4.26. The lowest BCUT2D eigenvalue weighted by molar-refractivity contribution is -0.147. The largest absolute Gasteiger partial charge is 0.507 e. The summed E-state index contributed by atoms with van der Waals surface area (Å²) in [5, 5.41) is 19.9. The third-order valence-corrected chi connectivity index (χ3v) is 5.30. The molecule has 0 saturated heterocycles. The molecule has 8 heteroatoms. The molecule has 0 bridgehead atoms. The summed E-state index contributed by atoms with van der Waals surface area (Å²) in [5.74, 6) is -0.975. The molecule has 1 atom stereocenters. The number of hydrogen-bond donors (Lipinski definition) is 2. The topological polar surface area (TPSA) is 116 Å². The Morgan fingerprint density at radius 3 is 2.69 bits per heavy atom. The molecule has 0 amide bonds. The van der Waals surface area contributed by atoms with E-state index in [1.165, 1.54) is 18.3 Å². The molecule has 2 aromatic heterocycles. The van der Waals surface area contributed by atoms with Gasteiger partial charge >= 0.3 is 5.97 Å². The summed E-state index contributed by atoms with van der Waals surface area (Å²) in [6, 6.07) is 12.7. The number of nitrogens with one attached hydrogen (secondary N) is 1. The van der Waals surface area contributed by atoms with Gasteiger partial charge in [0.2, 0.25) is 0 Å². The average Bonchev–Trinajstić information content (AvgIpc) is 3.32. The Kier molecular flexibility index (Phi) is 6.10. The molecule has 7 nitrogen and oxygen atoms in total. The number of ketones is 1. The van der Waals surface area contributed by atoms with Crippen LogP contribution < -0.4 is 0 Å². The van der Waals surface area contributed by atoms with Crippen LogP contribution in [0.4, 0.5) is 0 Å². The van der Waals surface area contributed by atoms with Crippen LogP contribution in [0, 0.1) is 18.3 Å². The molecular formula is C21H19N3O4S. The van der Waals surface area contributed by atoms with Gasteiger partial charge in [0.25, 0.3) is 0 Å². The maximum atomic E-state index is 12.1. The van der Waals surface area contributed by atoms with E-state index in [0.29, 0.717) is 10.4 Å². The summed E-state index contributed by atoms with van der Waals surface area (Å²) in [7, 11) is 0. The minimum atomic E-state index is -1.05. The van der Waals surface area contributed by atoms with Crippen molar-refractivity contribution in [2.75, 3.05) is 0 Å². The quantitative estimate of drug-likeness (QED) is 0.260. The number of para-hydroxylation sites is 2. The van der Waals surface area contributed by atoms with Gasteiger partial charge in [-0.15, -0.1) is 11.3 Å². The maximum Gasteiger partial charge on any atom is 0.306 e. The first-order valence-corrected chi connectivity index (χ1v) is 9.78. The lowest BCUT2D eigenvalue weighted by Gasteiger charge is -2.13. The highest BCUT2D eigenvalue weighted by molar-refractivity contribution is 7.14. The Hall–Kier alpha value is -3.44. The number of benzene rings is 1. The van der Waals surface area contributed by atoms with Gasteiger partial charge in [0.15, 0.2) is 23.5 Å². The van der Waals surface area contributed by atoms with E-state index >= 15 is 0 Å². The molecule has 0 saturated carbocycles. The van der Waals surface area contributed by atoms with Crippen LogP contribution in [0.25, 0.3) is 16.6 Å². The van der Waals surface area contributed by atoms with Crippen molar-refractivity contribution in [1.82, 2.24) is 9.97 Å². The number of allylic oxidation sites excluding steroid dienone is 1. The number of nitriles is 1. The molecule has 0 spiro atoms. The van der Waals surface area contributed by atoms with Crippen LogP contribution in [-0.2, 0) is 9.53 Å². The molecule has 2 N–H and O–H groups in total. The van der Waals surface area contributed by atoms with E-state index in [1.807, 2.05) is 31.2 Å². The standard InChI is InChI=1S/C21H19N3O4S/c1-12-7-9-18(29-12)17(25)8-10-19(26)28-13(2)20(27)14(11-22)21-23-15-5-3-4-6-16(15)24-21/h3-7,9,13,27H,8,10H2,1-2H3,(H,23,24)/b20-14-/t13-/m1/s1. The van der Waals surface area contributed by atoms with E-state index in [4.69, 9.17) is 4.74 Å². The molecular weight excluding hydrogens is 390 g/mol. The first-order chi connectivity index (χ1) is 13.9. The fraction of sp³-hybridized carbons (Fsp3) is 0.238. The Balaban J connectivity index is 1.66. The normalized spacial score (nSPS) is 12.9. The monoisotopic (exact) mass is 409 g/mol. The highest BCUT2D eigenvalue weighted by Gasteiger charge is 2.21. The van der Waals surface area contributed by atoms with Crippen molar-refractivity contribution in [3.63, 3.8) is 0 Å². The number of thiophene rings is 1. The number of aliphatic hydroxyl groups excluding tert-OH is 1. The summed E-state index contributed by atoms with van der Waals surface area (Å²) in [6.07, 6.45) is -1.14. The number of hydrogen-bond acceptors (Lipinski definition) is 7. The summed E-state index contributed by atoms with van der Waals surface area (Å²) >= 11 is 1.38.